The second-order valence-electron chi connectivity index (χ2n) is 17.7. The highest BCUT2D eigenvalue weighted by Crippen LogP contribution is 2.78. The molecule has 5 aliphatic carbocycles. The number of nitrogens with zero attached hydrogens (tertiary/aromatic N) is 1. The maximum atomic E-state index is 13.1. The van der Waals surface area contributed by atoms with Crippen molar-refractivity contribution in [3.63, 3.8) is 0 Å². The lowest BCUT2D eigenvalue weighted by atomic mass is 9.31. The Labute approximate surface area is 261 Å². The van der Waals surface area contributed by atoms with Gasteiger partial charge in [-0.3, -0.25) is 0 Å². The SMILES string of the molecule is CC1(C)C(OC(=O)C[n+]2ccccc2)CC[C@@]2(C)C1CC[C@]1(C)C2CCC2C3[C@H]4OC[C@@]3(CCC4(C)C)CC[C@]21C.[Cl-]. The Kier molecular flexibility index (Phi) is 7.30. The van der Waals surface area contributed by atoms with E-state index < -0.39 is 0 Å². The van der Waals surface area contributed by atoms with Gasteiger partial charge in [-0.25, -0.2) is 4.79 Å². The molecule has 0 N–H and O–H groups in total. The zero-order valence-electron chi connectivity index (χ0n) is 27.4. The molecule has 234 valence electrons. The standard InChI is InChI=1S/C37H56NO3.ClH/c1-32(2)17-19-37-20-18-35(6)25(30(37)31(32)40-24-37)11-12-27-34(5)15-14-28(33(3,4)26(34)13-16-36(27,35)7)41-29(39)23-38-21-9-8-10-22-38;/h8-10,21-22,25-28,30-31H,11-20,23-24H2,1-7H3;1H/q+1;/p-1/t25?,26?,27?,28?,30?,31-,34+,35-,36-,37-;/m1./s1. The summed E-state index contributed by atoms with van der Waals surface area (Å²) in [6.07, 6.45) is 17.3. The number of aromatic nitrogens is 1. The van der Waals surface area contributed by atoms with Crippen LogP contribution in [0.2, 0.25) is 0 Å². The molecule has 5 saturated carbocycles. The van der Waals surface area contributed by atoms with Gasteiger partial charge in [0.1, 0.15) is 6.10 Å². The van der Waals surface area contributed by atoms with Crippen molar-refractivity contribution in [2.24, 2.45) is 56.2 Å². The van der Waals surface area contributed by atoms with E-state index in [2.05, 4.69) is 48.5 Å². The Bertz CT molecular complexity index is 1200. The van der Waals surface area contributed by atoms with Crippen LogP contribution in [-0.4, -0.2) is 24.8 Å². The average molecular weight is 598 g/mol. The summed E-state index contributed by atoms with van der Waals surface area (Å²) in [6.45, 7) is 19.3. The molecular formula is C37H56ClNO3. The van der Waals surface area contributed by atoms with Gasteiger partial charge in [0.05, 0.1) is 12.7 Å². The summed E-state index contributed by atoms with van der Waals surface area (Å²) in [7, 11) is 0. The minimum absolute atomic E-state index is 0. The molecule has 1 aromatic heterocycles. The Hall–Kier alpha value is -1.13. The van der Waals surface area contributed by atoms with Gasteiger partial charge in [0.25, 0.3) is 0 Å². The molecule has 5 unspecified atom stereocenters. The smallest absolute Gasteiger partial charge is 0.372 e. The minimum atomic E-state index is -0.0973. The third-order valence-electron chi connectivity index (χ3n) is 15.4. The number of halogens is 1. The van der Waals surface area contributed by atoms with Crippen molar-refractivity contribution >= 4 is 5.97 Å². The minimum Gasteiger partial charge on any atom is -1.00 e. The molecule has 5 heteroatoms. The third kappa shape index (κ3) is 4.08. The summed E-state index contributed by atoms with van der Waals surface area (Å²) in [5.74, 6) is 2.79. The molecule has 7 rings (SSSR count). The Balaban J connectivity index is 0.00000316. The van der Waals surface area contributed by atoms with E-state index in [0.717, 1.165) is 30.8 Å². The molecule has 42 heavy (non-hydrogen) atoms. The van der Waals surface area contributed by atoms with Gasteiger partial charge in [-0.05, 0) is 115 Å². The van der Waals surface area contributed by atoms with E-state index in [1.54, 1.807) is 0 Å². The van der Waals surface area contributed by atoms with Crippen molar-refractivity contribution in [2.75, 3.05) is 6.61 Å². The lowest BCUT2D eigenvalue weighted by molar-refractivity contribution is -0.686. The Morgan fingerprint density at radius 3 is 2.26 bits per heavy atom. The van der Waals surface area contributed by atoms with Crippen LogP contribution in [0.1, 0.15) is 113 Å². The molecule has 0 aromatic carbocycles. The number of rotatable bonds is 3. The van der Waals surface area contributed by atoms with Gasteiger partial charge in [-0.15, -0.1) is 0 Å². The molecule has 1 saturated heterocycles. The van der Waals surface area contributed by atoms with E-state index in [9.17, 15) is 4.79 Å². The average Bonchev–Trinajstić information content (AvgIpc) is 3.25. The summed E-state index contributed by atoms with van der Waals surface area (Å²) in [5, 5.41) is 0. The number of pyridine rings is 1. The van der Waals surface area contributed by atoms with Crippen molar-refractivity contribution in [3.05, 3.63) is 30.6 Å². The Morgan fingerprint density at radius 1 is 0.810 bits per heavy atom. The summed E-state index contributed by atoms with van der Waals surface area (Å²) in [6, 6.07) is 5.92. The molecule has 0 amide bonds. The number of carbonyl (C=O) groups excluding carboxylic acids is 1. The van der Waals surface area contributed by atoms with Crippen LogP contribution < -0.4 is 17.0 Å². The van der Waals surface area contributed by atoms with E-state index in [1.807, 2.05) is 35.2 Å². The van der Waals surface area contributed by atoms with Gasteiger partial charge in [0, 0.05) is 17.5 Å². The van der Waals surface area contributed by atoms with Gasteiger partial charge in [0.2, 0.25) is 6.54 Å². The number of fused-ring (bicyclic) bond motifs is 5. The lowest BCUT2D eigenvalue weighted by Crippen LogP contribution is -3.00. The molecule has 0 spiro atoms. The van der Waals surface area contributed by atoms with Gasteiger partial charge >= 0.3 is 5.97 Å². The predicted molar refractivity (Wildman–Crippen MR) is 161 cm³/mol. The van der Waals surface area contributed by atoms with Crippen LogP contribution in [0.25, 0.3) is 0 Å². The highest BCUT2D eigenvalue weighted by atomic mass is 35.5. The lowest BCUT2D eigenvalue weighted by Gasteiger charge is -2.73. The normalized spacial score (nSPS) is 48.0. The van der Waals surface area contributed by atoms with Crippen LogP contribution in [0, 0.1) is 56.2 Å². The summed E-state index contributed by atoms with van der Waals surface area (Å²) in [5.41, 5.74) is 1.81. The zero-order chi connectivity index (χ0) is 29.1. The highest BCUT2D eigenvalue weighted by molar-refractivity contribution is 5.68. The summed E-state index contributed by atoms with van der Waals surface area (Å²) < 4.78 is 15.0. The maximum absolute atomic E-state index is 13.1. The number of carbonyl (C=O) groups is 1. The quantitative estimate of drug-likeness (QED) is 0.372. The molecule has 4 nitrogen and oxygen atoms in total. The number of ether oxygens (including phenoxy) is 2. The number of hydrogen-bond donors (Lipinski definition) is 0. The predicted octanol–water partition coefficient (Wildman–Crippen LogP) is 4.78. The van der Waals surface area contributed by atoms with E-state index >= 15 is 0 Å². The molecule has 6 aliphatic rings. The molecule has 0 radical (unpaired) electrons. The molecule has 1 aliphatic heterocycles. The number of esters is 1. The van der Waals surface area contributed by atoms with Crippen LogP contribution in [0.5, 0.6) is 0 Å². The van der Waals surface area contributed by atoms with Crippen molar-refractivity contribution < 1.29 is 31.2 Å². The van der Waals surface area contributed by atoms with Gasteiger partial charge in [-0.2, -0.15) is 4.57 Å². The van der Waals surface area contributed by atoms with Crippen LogP contribution in [-0.2, 0) is 20.8 Å². The van der Waals surface area contributed by atoms with Crippen LogP contribution >= 0.6 is 0 Å². The summed E-state index contributed by atoms with van der Waals surface area (Å²) in [4.78, 5) is 13.1. The third-order valence-corrected chi connectivity index (χ3v) is 15.4. The maximum Gasteiger partial charge on any atom is 0.372 e. The highest BCUT2D eigenvalue weighted by Gasteiger charge is 2.72. The molecular weight excluding hydrogens is 542 g/mol. The molecule has 1 aromatic rings. The monoisotopic (exact) mass is 597 g/mol. The van der Waals surface area contributed by atoms with Crippen molar-refractivity contribution in [1.82, 2.24) is 0 Å². The molecule has 2 heterocycles. The van der Waals surface area contributed by atoms with Crippen molar-refractivity contribution in [1.29, 1.82) is 0 Å². The van der Waals surface area contributed by atoms with E-state index in [1.165, 1.54) is 57.8 Å². The van der Waals surface area contributed by atoms with Gasteiger partial charge in [-0.1, -0.05) is 54.5 Å². The second-order valence-corrected chi connectivity index (χ2v) is 17.7. The Morgan fingerprint density at radius 2 is 1.52 bits per heavy atom. The van der Waals surface area contributed by atoms with E-state index in [-0.39, 0.29) is 29.9 Å². The van der Waals surface area contributed by atoms with Gasteiger partial charge in [0.15, 0.2) is 12.4 Å². The van der Waals surface area contributed by atoms with Crippen LogP contribution in [0.4, 0.5) is 0 Å². The molecule has 2 bridgehead atoms. The first-order chi connectivity index (χ1) is 19.3. The fourth-order valence-corrected chi connectivity index (χ4v) is 13.0. The van der Waals surface area contributed by atoms with Gasteiger partial charge < -0.3 is 21.9 Å². The van der Waals surface area contributed by atoms with Crippen LogP contribution in [0.3, 0.4) is 0 Å². The fraction of sp³-hybridized carbons (Fsp3) is 0.838. The first-order valence-corrected chi connectivity index (χ1v) is 17.0. The second kappa shape index (κ2) is 9.93. The zero-order valence-corrected chi connectivity index (χ0v) is 28.1. The first kappa shape index (κ1) is 30.9. The van der Waals surface area contributed by atoms with E-state index in [4.69, 9.17) is 9.47 Å². The van der Waals surface area contributed by atoms with Crippen molar-refractivity contribution in [2.45, 2.75) is 131 Å². The van der Waals surface area contributed by atoms with Crippen LogP contribution in [0.15, 0.2) is 30.6 Å². The number of hydrogen-bond acceptors (Lipinski definition) is 3. The summed E-state index contributed by atoms with van der Waals surface area (Å²) >= 11 is 0. The van der Waals surface area contributed by atoms with Crippen molar-refractivity contribution in [3.8, 4) is 0 Å². The topological polar surface area (TPSA) is 39.4 Å². The fourth-order valence-electron chi connectivity index (χ4n) is 13.0. The van der Waals surface area contributed by atoms with E-state index in [0.29, 0.717) is 45.6 Å². The molecule has 6 fully saturated rings. The largest absolute Gasteiger partial charge is 1.00 e. The first-order valence-electron chi connectivity index (χ1n) is 17.0. The molecule has 10 atom stereocenters.